The third-order valence-corrected chi connectivity index (χ3v) is 0.660. The van der Waals surface area contributed by atoms with Crippen LogP contribution in [-0.4, -0.2) is 20.3 Å². The smallest absolute Gasteiger partial charge is 0.208 e. The van der Waals surface area contributed by atoms with Gasteiger partial charge < -0.3 is 9.47 Å². The fourth-order valence-corrected chi connectivity index (χ4v) is 0.370. The van der Waals surface area contributed by atoms with Gasteiger partial charge in [-0.25, -0.2) is 0 Å². The predicted octanol–water partition coefficient (Wildman–Crippen LogP) is -0.496. The molecule has 0 amide bonds. The van der Waals surface area contributed by atoms with E-state index >= 15 is 0 Å². The first-order chi connectivity index (χ1) is 3.00. The van der Waals surface area contributed by atoms with E-state index in [0.29, 0.717) is 0 Å². The fraction of sp³-hybridized carbons (Fsp3) is 0.667. The van der Waals surface area contributed by atoms with E-state index < -0.39 is 0 Å². The van der Waals surface area contributed by atoms with Gasteiger partial charge in [0.05, 0.1) is 0 Å². The Balaban J connectivity index is 2.00. The molecule has 1 aliphatic heterocycles. The third kappa shape index (κ3) is 0.991. The van der Waals surface area contributed by atoms with Crippen LogP contribution in [0.25, 0.3) is 0 Å². The molecule has 0 bridgehead atoms. The zero-order chi connectivity index (χ0) is 4.24. The normalized spacial score (nSPS) is 22.7. The summed E-state index contributed by atoms with van der Waals surface area (Å²) < 4.78 is 9.44. The summed E-state index contributed by atoms with van der Waals surface area (Å²) in [5.41, 5.74) is 0. The van der Waals surface area contributed by atoms with Gasteiger partial charge in [0.1, 0.15) is 0 Å². The molecule has 0 aromatic heterocycles. The average molecular weight is 84.9 g/mol. The monoisotopic (exact) mass is 85.0 g/mol. The number of ether oxygens (including phenoxy) is 2. The van der Waals surface area contributed by atoms with E-state index in [1.54, 1.807) is 0 Å². The summed E-state index contributed by atoms with van der Waals surface area (Å²) in [5, 5.41) is 0. The topological polar surface area (TPSA) is 18.5 Å². The molecular weight excluding hydrogens is 78.8 g/mol. The van der Waals surface area contributed by atoms with Crippen LogP contribution in [0.4, 0.5) is 0 Å². The number of hydrogen-bond donors (Lipinski definition) is 0. The fourth-order valence-electron chi connectivity index (χ4n) is 0.370. The minimum Gasteiger partial charge on any atom is -0.357 e. The van der Waals surface area contributed by atoms with Crippen LogP contribution in [0.1, 0.15) is 0 Å². The summed E-state index contributed by atoms with van der Waals surface area (Å²) >= 11 is 0. The van der Waals surface area contributed by atoms with Crippen molar-refractivity contribution in [3.8, 4) is 0 Å². The van der Waals surface area contributed by atoms with Crippen LogP contribution in [0, 0.1) is 6.79 Å². The molecule has 1 saturated heterocycles. The SMILES string of the molecule is B1CO[CH]OC1. The molecule has 0 aliphatic carbocycles. The minimum absolute atomic E-state index is 0.819. The van der Waals surface area contributed by atoms with E-state index in [2.05, 4.69) is 0 Å². The van der Waals surface area contributed by atoms with E-state index in [0.717, 1.165) is 20.3 Å². The van der Waals surface area contributed by atoms with E-state index in [1.807, 2.05) is 0 Å². The highest BCUT2D eigenvalue weighted by molar-refractivity contribution is 6.35. The minimum atomic E-state index is 0.819. The van der Waals surface area contributed by atoms with Gasteiger partial charge in [-0.1, -0.05) is 0 Å². The Morgan fingerprint density at radius 1 is 1.33 bits per heavy atom. The molecule has 1 radical (unpaired) electrons. The van der Waals surface area contributed by atoms with Crippen molar-refractivity contribution in [2.24, 2.45) is 0 Å². The van der Waals surface area contributed by atoms with Crippen molar-refractivity contribution in [2.45, 2.75) is 0 Å². The van der Waals surface area contributed by atoms with Gasteiger partial charge in [-0.15, -0.1) is 0 Å². The van der Waals surface area contributed by atoms with Crippen LogP contribution >= 0.6 is 0 Å². The molecule has 2 nitrogen and oxygen atoms in total. The van der Waals surface area contributed by atoms with Gasteiger partial charge in [0.2, 0.25) is 6.79 Å². The Morgan fingerprint density at radius 3 is 2.17 bits per heavy atom. The molecule has 0 aromatic rings. The molecular formula is C3H6BO2. The van der Waals surface area contributed by atoms with Gasteiger partial charge in [0.25, 0.3) is 0 Å². The van der Waals surface area contributed by atoms with Gasteiger partial charge in [0.15, 0.2) is 7.28 Å². The first-order valence-corrected chi connectivity index (χ1v) is 2.05. The van der Waals surface area contributed by atoms with Crippen LogP contribution < -0.4 is 0 Å². The van der Waals surface area contributed by atoms with Crippen LogP contribution in [0.3, 0.4) is 0 Å². The molecule has 0 N–H and O–H groups in total. The lowest BCUT2D eigenvalue weighted by molar-refractivity contribution is 0.0389. The lowest BCUT2D eigenvalue weighted by Crippen LogP contribution is -2.16. The summed E-state index contributed by atoms with van der Waals surface area (Å²) in [6.45, 7) is 3.03. The second kappa shape index (κ2) is 2.21. The maximum absolute atomic E-state index is 4.72. The zero-order valence-electron chi connectivity index (χ0n) is 3.52. The Kier molecular flexibility index (Phi) is 1.53. The standard InChI is InChI=1S/C3H6BO2/c1-4-2-6-3-5-1/h3-4H,1-2H2. The lowest BCUT2D eigenvalue weighted by atomic mass is 9.82. The zero-order valence-corrected chi connectivity index (χ0v) is 3.52. The molecule has 0 unspecified atom stereocenters. The van der Waals surface area contributed by atoms with E-state index in [4.69, 9.17) is 9.47 Å². The quantitative estimate of drug-likeness (QED) is 0.369. The number of rotatable bonds is 0. The van der Waals surface area contributed by atoms with Gasteiger partial charge in [0, 0.05) is 13.0 Å². The molecule has 6 heavy (non-hydrogen) atoms. The second-order valence-corrected chi connectivity index (χ2v) is 1.19. The highest BCUT2D eigenvalue weighted by Gasteiger charge is 1.98. The van der Waals surface area contributed by atoms with Crippen molar-refractivity contribution in [3.63, 3.8) is 0 Å². The summed E-state index contributed by atoms with van der Waals surface area (Å²) in [7, 11) is 1.02. The summed E-state index contributed by atoms with van der Waals surface area (Å²) in [6, 6.07) is 0. The Morgan fingerprint density at radius 2 is 2.00 bits per heavy atom. The van der Waals surface area contributed by atoms with Crippen LogP contribution in [0.5, 0.6) is 0 Å². The lowest BCUT2D eigenvalue weighted by Gasteiger charge is -2.07. The van der Waals surface area contributed by atoms with E-state index in [-0.39, 0.29) is 0 Å². The first-order valence-electron chi connectivity index (χ1n) is 2.05. The molecule has 1 fully saturated rings. The van der Waals surface area contributed by atoms with Crippen molar-refractivity contribution in [1.29, 1.82) is 0 Å². The molecule has 33 valence electrons. The molecule has 1 heterocycles. The van der Waals surface area contributed by atoms with Crippen molar-refractivity contribution in [1.82, 2.24) is 0 Å². The molecule has 0 spiro atoms. The average Bonchev–Trinajstić information content (AvgIpc) is 1.72. The maximum atomic E-state index is 4.72. The Hall–Kier alpha value is -0.0151. The summed E-state index contributed by atoms with van der Waals surface area (Å²) in [4.78, 5) is 0. The maximum Gasteiger partial charge on any atom is 0.208 e. The molecule has 0 saturated carbocycles. The van der Waals surface area contributed by atoms with Crippen LogP contribution in [0.15, 0.2) is 0 Å². The first kappa shape index (κ1) is 4.15. The molecule has 1 rings (SSSR count). The summed E-state index contributed by atoms with van der Waals surface area (Å²) in [5.74, 6) is 0. The van der Waals surface area contributed by atoms with E-state index in [1.165, 1.54) is 6.79 Å². The second-order valence-electron chi connectivity index (χ2n) is 1.19. The highest BCUT2D eigenvalue weighted by Crippen LogP contribution is 1.88. The predicted molar refractivity (Wildman–Crippen MR) is 23.4 cm³/mol. The largest absolute Gasteiger partial charge is 0.357 e. The van der Waals surface area contributed by atoms with Crippen molar-refractivity contribution >= 4 is 7.28 Å². The molecule has 1 aliphatic rings. The van der Waals surface area contributed by atoms with Crippen LogP contribution in [-0.2, 0) is 9.47 Å². The van der Waals surface area contributed by atoms with Gasteiger partial charge in [-0.05, 0) is 0 Å². The Labute approximate surface area is 37.7 Å². The van der Waals surface area contributed by atoms with Crippen molar-refractivity contribution < 1.29 is 9.47 Å². The Bertz CT molecular complexity index is 24.3. The van der Waals surface area contributed by atoms with Crippen molar-refractivity contribution in [2.75, 3.05) is 13.0 Å². The highest BCUT2D eigenvalue weighted by atomic mass is 16.7. The molecule has 3 heteroatoms. The van der Waals surface area contributed by atoms with Gasteiger partial charge in [-0.3, -0.25) is 0 Å². The van der Waals surface area contributed by atoms with Gasteiger partial charge in [-0.2, -0.15) is 0 Å². The number of hydrogen-bond acceptors (Lipinski definition) is 2. The van der Waals surface area contributed by atoms with Crippen molar-refractivity contribution in [3.05, 3.63) is 6.79 Å². The van der Waals surface area contributed by atoms with Gasteiger partial charge >= 0.3 is 0 Å². The molecule has 0 aromatic carbocycles. The molecule has 0 atom stereocenters. The third-order valence-electron chi connectivity index (χ3n) is 0.660. The van der Waals surface area contributed by atoms with Crippen LogP contribution in [0.2, 0.25) is 0 Å². The van der Waals surface area contributed by atoms with E-state index in [9.17, 15) is 0 Å². The summed E-state index contributed by atoms with van der Waals surface area (Å²) in [6.07, 6.45) is 0.